The minimum absolute atomic E-state index is 0.0704. The van der Waals surface area contributed by atoms with Gasteiger partial charge in [-0.05, 0) is 42.5 Å². The van der Waals surface area contributed by atoms with Crippen molar-refractivity contribution in [2.75, 3.05) is 26.7 Å². The summed E-state index contributed by atoms with van der Waals surface area (Å²) < 4.78 is 5.25. The van der Waals surface area contributed by atoms with Gasteiger partial charge in [0, 0.05) is 19.1 Å². The van der Waals surface area contributed by atoms with Crippen molar-refractivity contribution in [3.05, 3.63) is 29.8 Å². The summed E-state index contributed by atoms with van der Waals surface area (Å²) in [5.41, 5.74) is 7.48. The van der Waals surface area contributed by atoms with E-state index < -0.39 is 0 Å². The third-order valence-electron chi connectivity index (χ3n) is 4.23. The van der Waals surface area contributed by atoms with Gasteiger partial charge in [-0.2, -0.15) is 0 Å². The first kappa shape index (κ1) is 14.4. The van der Waals surface area contributed by atoms with Crippen LogP contribution in [0.4, 0.5) is 0 Å². The lowest BCUT2D eigenvalue weighted by Crippen LogP contribution is -2.31. The van der Waals surface area contributed by atoms with E-state index in [0.717, 1.165) is 29.7 Å². The Morgan fingerprint density at radius 3 is 2.84 bits per heavy atom. The Morgan fingerprint density at radius 1 is 1.42 bits per heavy atom. The number of hydrogen-bond acceptors (Lipinski definition) is 3. The van der Waals surface area contributed by atoms with Crippen molar-refractivity contribution in [2.45, 2.75) is 26.3 Å². The van der Waals surface area contributed by atoms with Crippen LogP contribution in [-0.4, -0.2) is 31.6 Å². The SMILES string of the molecule is COc1cccc(C(N)CN2CCC(C(C)C)C2)c1. The number of benzene rings is 1. The summed E-state index contributed by atoms with van der Waals surface area (Å²) in [6.45, 7) is 7.94. The average molecular weight is 262 g/mol. The highest BCUT2D eigenvalue weighted by molar-refractivity contribution is 5.30. The first-order valence-electron chi connectivity index (χ1n) is 7.22. The van der Waals surface area contributed by atoms with E-state index >= 15 is 0 Å². The Bertz CT molecular complexity index is 405. The van der Waals surface area contributed by atoms with Crippen molar-refractivity contribution >= 4 is 0 Å². The molecule has 3 nitrogen and oxygen atoms in total. The molecule has 0 radical (unpaired) electrons. The molecule has 1 aromatic rings. The summed E-state index contributed by atoms with van der Waals surface area (Å²) in [5.74, 6) is 2.49. The van der Waals surface area contributed by atoms with E-state index in [9.17, 15) is 0 Å². The largest absolute Gasteiger partial charge is 0.497 e. The summed E-state index contributed by atoms with van der Waals surface area (Å²) in [7, 11) is 1.69. The molecule has 0 saturated carbocycles. The van der Waals surface area contributed by atoms with Gasteiger partial charge in [0.25, 0.3) is 0 Å². The van der Waals surface area contributed by atoms with Crippen LogP contribution in [0.15, 0.2) is 24.3 Å². The second kappa shape index (κ2) is 6.40. The molecule has 0 aromatic heterocycles. The number of likely N-dealkylation sites (tertiary alicyclic amines) is 1. The van der Waals surface area contributed by atoms with Gasteiger partial charge in [0.15, 0.2) is 0 Å². The van der Waals surface area contributed by atoms with Crippen molar-refractivity contribution in [3.63, 3.8) is 0 Å². The van der Waals surface area contributed by atoms with E-state index in [2.05, 4.69) is 24.8 Å². The maximum Gasteiger partial charge on any atom is 0.119 e. The zero-order valence-corrected chi connectivity index (χ0v) is 12.3. The van der Waals surface area contributed by atoms with E-state index in [4.69, 9.17) is 10.5 Å². The molecule has 3 heteroatoms. The molecular weight excluding hydrogens is 236 g/mol. The van der Waals surface area contributed by atoms with Crippen LogP contribution in [0.2, 0.25) is 0 Å². The van der Waals surface area contributed by atoms with Crippen LogP contribution < -0.4 is 10.5 Å². The van der Waals surface area contributed by atoms with Crippen molar-refractivity contribution < 1.29 is 4.74 Å². The molecule has 2 atom stereocenters. The minimum Gasteiger partial charge on any atom is -0.497 e. The molecule has 2 N–H and O–H groups in total. The summed E-state index contributed by atoms with van der Waals surface area (Å²) in [6, 6.07) is 8.17. The van der Waals surface area contributed by atoms with Gasteiger partial charge < -0.3 is 15.4 Å². The molecule has 106 valence electrons. The smallest absolute Gasteiger partial charge is 0.119 e. The van der Waals surface area contributed by atoms with Gasteiger partial charge in [0.2, 0.25) is 0 Å². The molecule has 1 aromatic carbocycles. The number of methoxy groups -OCH3 is 1. The second-order valence-corrected chi connectivity index (χ2v) is 5.94. The third kappa shape index (κ3) is 3.71. The maximum atomic E-state index is 6.32. The van der Waals surface area contributed by atoms with Crippen molar-refractivity contribution in [1.82, 2.24) is 4.90 Å². The molecule has 0 amide bonds. The average Bonchev–Trinajstić information content (AvgIpc) is 2.87. The predicted octanol–water partition coefficient (Wildman–Crippen LogP) is 2.67. The monoisotopic (exact) mass is 262 g/mol. The van der Waals surface area contributed by atoms with Crippen molar-refractivity contribution in [2.24, 2.45) is 17.6 Å². The number of nitrogens with zero attached hydrogens (tertiary/aromatic N) is 1. The van der Waals surface area contributed by atoms with Gasteiger partial charge in [-0.3, -0.25) is 0 Å². The Labute approximate surface area is 116 Å². The van der Waals surface area contributed by atoms with Crippen molar-refractivity contribution in [1.29, 1.82) is 0 Å². The van der Waals surface area contributed by atoms with Crippen LogP contribution in [0.5, 0.6) is 5.75 Å². The first-order chi connectivity index (χ1) is 9.10. The van der Waals surface area contributed by atoms with Gasteiger partial charge in [-0.15, -0.1) is 0 Å². The van der Waals surface area contributed by atoms with Crippen LogP contribution in [0.1, 0.15) is 31.9 Å². The molecule has 1 heterocycles. The van der Waals surface area contributed by atoms with E-state index in [-0.39, 0.29) is 6.04 Å². The molecule has 0 spiro atoms. The normalized spacial score (nSPS) is 21.8. The van der Waals surface area contributed by atoms with Gasteiger partial charge in [-0.25, -0.2) is 0 Å². The van der Waals surface area contributed by atoms with E-state index in [1.54, 1.807) is 7.11 Å². The van der Waals surface area contributed by atoms with Crippen LogP contribution in [0.3, 0.4) is 0 Å². The fraction of sp³-hybridized carbons (Fsp3) is 0.625. The highest BCUT2D eigenvalue weighted by atomic mass is 16.5. The lowest BCUT2D eigenvalue weighted by atomic mass is 9.95. The Hall–Kier alpha value is -1.06. The lowest BCUT2D eigenvalue weighted by Gasteiger charge is -2.22. The number of rotatable bonds is 5. The highest BCUT2D eigenvalue weighted by Crippen LogP contribution is 2.25. The molecule has 1 fully saturated rings. The second-order valence-electron chi connectivity index (χ2n) is 5.94. The zero-order valence-electron chi connectivity index (χ0n) is 12.3. The van der Waals surface area contributed by atoms with Gasteiger partial charge in [0.1, 0.15) is 5.75 Å². The fourth-order valence-electron chi connectivity index (χ4n) is 2.83. The first-order valence-corrected chi connectivity index (χ1v) is 7.22. The lowest BCUT2D eigenvalue weighted by molar-refractivity contribution is 0.287. The van der Waals surface area contributed by atoms with Gasteiger partial charge in [0.05, 0.1) is 7.11 Å². The Morgan fingerprint density at radius 2 is 2.21 bits per heavy atom. The molecule has 0 bridgehead atoms. The number of nitrogens with two attached hydrogens (primary N) is 1. The fourth-order valence-corrected chi connectivity index (χ4v) is 2.83. The molecule has 1 aliphatic rings. The summed E-state index contributed by atoms with van der Waals surface area (Å²) in [5, 5.41) is 0. The molecule has 1 saturated heterocycles. The van der Waals surface area contributed by atoms with Gasteiger partial charge >= 0.3 is 0 Å². The number of ether oxygens (including phenoxy) is 1. The quantitative estimate of drug-likeness (QED) is 0.886. The van der Waals surface area contributed by atoms with E-state index in [1.165, 1.54) is 19.5 Å². The van der Waals surface area contributed by atoms with Crippen LogP contribution in [0.25, 0.3) is 0 Å². The third-order valence-corrected chi connectivity index (χ3v) is 4.23. The van der Waals surface area contributed by atoms with E-state index in [0.29, 0.717) is 0 Å². The topological polar surface area (TPSA) is 38.5 Å². The summed E-state index contributed by atoms with van der Waals surface area (Å²) >= 11 is 0. The van der Waals surface area contributed by atoms with Crippen LogP contribution in [0, 0.1) is 11.8 Å². The number of hydrogen-bond donors (Lipinski definition) is 1. The standard InChI is InChI=1S/C16H26N2O/c1-12(2)14-7-8-18(10-14)11-16(17)13-5-4-6-15(9-13)19-3/h4-6,9,12,14,16H,7-8,10-11,17H2,1-3H3. The summed E-state index contributed by atoms with van der Waals surface area (Å²) in [4.78, 5) is 2.49. The summed E-state index contributed by atoms with van der Waals surface area (Å²) in [6.07, 6.45) is 1.31. The molecule has 1 aliphatic heterocycles. The molecule has 2 unspecified atom stereocenters. The predicted molar refractivity (Wildman–Crippen MR) is 79.3 cm³/mol. The van der Waals surface area contributed by atoms with Crippen LogP contribution >= 0.6 is 0 Å². The highest BCUT2D eigenvalue weighted by Gasteiger charge is 2.26. The van der Waals surface area contributed by atoms with Gasteiger partial charge in [-0.1, -0.05) is 26.0 Å². The van der Waals surface area contributed by atoms with E-state index in [1.807, 2.05) is 18.2 Å². The molecular formula is C16H26N2O. The molecule has 19 heavy (non-hydrogen) atoms. The van der Waals surface area contributed by atoms with Crippen molar-refractivity contribution in [3.8, 4) is 5.75 Å². The molecule has 0 aliphatic carbocycles. The Kier molecular flexibility index (Phi) is 4.83. The minimum atomic E-state index is 0.0704. The van der Waals surface area contributed by atoms with Crippen LogP contribution in [-0.2, 0) is 0 Å². The zero-order chi connectivity index (χ0) is 13.8. The maximum absolute atomic E-state index is 6.32. The molecule has 2 rings (SSSR count). The Balaban J connectivity index is 1.92.